The third-order valence-corrected chi connectivity index (χ3v) is 1.48. The van der Waals surface area contributed by atoms with Crippen molar-refractivity contribution in [3.05, 3.63) is 22.3 Å². The number of nitrogens with zero attached hydrogens (tertiary/aromatic N) is 1. The normalized spacial score (nSPS) is 8.45. The fourth-order valence-corrected chi connectivity index (χ4v) is 0.909. The van der Waals surface area contributed by atoms with Crippen LogP contribution in [0.25, 0.3) is 0 Å². The number of aldehydes is 1. The molecule has 0 aromatic carbocycles. The molecule has 0 saturated carbocycles. The molecule has 1 heterocycles. The molecule has 0 aliphatic rings. The third-order valence-electron chi connectivity index (χ3n) is 1.04. The summed E-state index contributed by atoms with van der Waals surface area (Å²) < 4.78 is 0.754. The Bertz CT molecular complexity index is 265. The monoisotopic (exact) mass is 280 g/mol. The van der Waals surface area contributed by atoms with Crippen LogP contribution in [0.2, 0.25) is 0 Å². The van der Waals surface area contributed by atoms with E-state index in [0.717, 1.165) is 4.47 Å². The summed E-state index contributed by atoms with van der Waals surface area (Å²) in [5.41, 5.74) is 5.75. The fourth-order valence-electron chi connectivity index (χ4n) is 0.560. The quantitative estimate of drug-likeness (QED) is 0.799. The van der Waals surface area contributed by atoms with E-state index in [1.54, 1.807) is 12.3 Å². The molecule has 2 N–H and O–H groups in total. The van der Waals surface area contributed by atoms with E-state index in [9.17, 15) is 4.79 Å². The predicted octanol–water partition coefficient (Wildman–Crippen LogP) is 1.82. The van der Waals surface area contributed by atoms with E-state index >= 15 is 0 Å². The molecule has 1 aromatic heterocycles. The van der Waals surface area contributed by atoms with Crippen molar-refractivity contribution >= 4 is 45.0 Å². The molecule has 0 radical (unpaired) electrons. The van der Waals surface area contributed by atoms with E-state index in [0.29, 0.717) is 11.8 Å². The maximum Gasteiger partial charge on any atom is 0.153 e. The number of carbonyl (C=O) groups excluding carboxylic acids is 1. The molecule has 5 heteroatoms. The van der Waals surface area contributed by atoms with Gasteiger partial charge in [0.2, 0.25) is 0 Å². The lowest BCUT2D eigenvalue weighted by Gasteiger charge is -1.95. The number of carbonyl (C=O) groups is 1. The Hall–Kier alpha value is -0.420. The van der Waals surface area contributed by atoms with Gasteiger partial charge in [-0.05, 0) is 22.0 Å². The first-order valence-electron chi connectivity index (χ1n) is 2.60. The van der Waals surface area contributed by atoms with Crippen LogP contribution in [-0.2, 0) is 0 Å². The minimum Gasteiger partial charge on any atom is -0.383 e. The summed E-state index contributed by atoms with van der Waals surface area (Å²) >= 11 is 3.16. The molecule has 11 heavy (non-hydrogen) atoms. The van der Waals surface area contributed by atoms with Crippen LogP contribution in [0.4, 0.5) is 5.82 Å². The van der Waals surface area contributed by atoms with Crippen LogP contribution in [0.3, 0.4) is 0 Å². The molecule has 0 bridgehead atoms. The summed E-state index contributed by atoms with van der Waals surface area (Å²) in [5, 5.41) is 0. The van der Waals surface area contributed by atoms with E-state index in [1.807, 2.05) is 0 Å². The van der Waals surface area contributed by atoms with Crippen molar-refractivity contribution < 1.29 is 4.79 Å². The van der Waals surface area contributed by atoms with Gasteiger partial charge in [0.05, 0.1) is 5.56 Å². The summed E-state index contributed by atoms with van der Waals surface area (Å²) in [4.78, 5) is 14.0. The molecular formula is C6H6Br2N2O. The van der Waals surface area contributed by atoms with Gasteiger partial charge in [-0.15, -0.1) is 17.0 Å². The van der Waals surface area contributed by atoms with Crippen molar-refractivity contribution in [3.63, 3.8) is 0 Å². The SMILES string of the molecule is Br.Nc1ncc(Br)cc1C=O. The Morgan fingerprint density at radius 3 is 2.73 bits per heavy atom. The number of rotatable bonds is 1. The van der Waals surface area contributed by atoms with Gasteiger partial charge < -0.3 is 5.73 Å². The summed E-state index contributed by atoms with van der Waals surface area (Å²) in [6.45, 7) is 0. The van der Waals surface area contributed by atoms with Gasteiger partial charge in [0.25, 0.3) is 0 Å². The van der Waals surface area contributed by atoms with E-state index in [2.05, 4.69) is 20.9 Å². The van der Waals surface area contributed by atoms with Crippen molar-refractivity contribution in [3.8, 4) is 0 Å². The van der Waals surface area contributed by atoms with Gasteiger partial charge >= 0.3 is 0 Å². The molecule has 1 aromatic rings. The number of pyridine rings is 1. The van der Waals surface area contributed by atoms with Crippen LogP contribution in [0.15, 0.2) is 16.7 Å². The van der Waals surface area contributed by atoms with Crippen LogP contribution in [0.5, 0.6) is 0 Å². The molecule has 3 nitrogen and oxygen atoms in total. The second-order valence-corrected chi connectivity index (χ2v) is 2.66. The highest BCUT2D eigenvalue weighted by atomic mass is 79.9. The first-order valence-corrected chi connectivity index (χ1v) is 3.39. The van der Waals surface area contributed by atoms with Crippen molar-refractivity contribution in [1.82, 2.24) is 4.98 Å². The Morgan fingerprint density at radius 1 is 1.64 bits per heavy atom. The molecule has 1 rings (SSSR count). The topological polar surface area (TPSA) is 56.0 Å². The number of nitrogens with two attached hydrogens (primary N) is 1. The van der Waals surface area contributed by atoms with Crippen LogP contribution in [-0.4, -0.2) is 11.3 Å². The molecule has 0 saturated heterocycles. The van der Waals surface area contributed by atoms with Crippen molar-refractivity contribution in [2.24, 2.45) is 0 Å². The fraction of sp³-hybridized carbons (Fsp3) is 0. The molecule has 0 fully saturated rings. The number of anilines is 1. The first-order chi connectivity index (χ1) is 4.74. The van der Waals surface area contributed by atoms with Crippen LogP contribution < -0.4 is 5.73 Å². The minimum absolute atomic E-state index is 0. The zero-order valence-corrected chi connectivity index (χ0v) is 8.75. The predicted molar refractivity (Wildman–Crippen MR) is 52.1 cm³/mol. The van der Waals surface area contributed by atoms with Gasteiger partial charge in [0.15, 0.2) is 6.29 Å². The average Bonchev–Trinajstić information content (AvgIpc) is 1.94. The van der Waals surface area contributed by atoms with E-state index in [1.165, 1.54) is 0 Å². The van der Waals surface area contributed by atoms with Crippen molar-refractivity contribution in [2.75, 3.05) is 5.73 Å². The molecule has 0 spiro atoms. The summed E-state index contributed by atoms with van der Waals surface area (Å²) in [6.07, 6.45) is 2.22. The van der Waals surface area contributed by atoms with Gasteiger partial charge in [-0.3, -0.25) is 4.79 Å². The van der Waals surface area contributed by atoms with E-state index in [4.69, 9.17) is 5.73 Å². The van der Waals surface area contributed by atoms with Gasteiger partial charge in [0.1, 0.15) is 5.82 Å². The van der Waals surface area contributed by atoms with Crippen LogP contribution in [0.1, 0.15) is 10.4 Å². The largest absolute Gasteiger partial charge is 0.383 e. The van der Waals surface area contributed by atoms with Crippen molar-refractivity contribution in [2.45, 2.75) is 0 Å². The standard InChI is InChI=1S/C6H5BrN2O.BrH/c7-5-1-4(3-10)6(8)9-2-5;/h1-3H,(H2,8,9);1H. The zero-order valence-electron chi connectivity index (χ0n) is 5.45. The number of aromatic nitrogens is 1. The Kier molecular flexibility index (Phi) is 4.29. The minimum atomic E-state index is 0. The average molecular weight is 282 g/mol. The summed E-state index contributed by atoms with van der Waals surface area (Å²) in [7, 11) is 0. The maximum atomic E-state index is 10.2. The molecular weight excluding hydrogens is 276 g/mol. The highest BCUT2D eigenvalue weighted by Gasteiger charge is 1.97. The lowest BCUT2D eigenvalue weighted by molar-refractivity contribution is 0.112. The third kappa shape index (κ3) is 2.59. The van der Waals surface area contributed by atoms with Crippen molar-refractivity contribution in [1.29, 1.82) is 0 Å². The zero-order chi connectivity index (χ0) is 7.56. The Balaban J connectivity index is 0.000001000. The second-order valence-electron chi connectivity index (χ2n) is 1.75. The Labute approximate surface area is 82.9 Å². The number of halogens is 2. The molecule has 0 aliphatic carbocycles. The highest BCUT2D eigenvalue weighted by molar-refractivity contribution is 9.10. The van der Waals surface area contributed by atoms with Crippen LogP contribution in [0, 0.1) is 0 Å². The molecule has 60 valence electrons. The smallest absolute Gasteiger partial charge is 0.153 e. The molecule has 0 unspecified atom stereocenters. The van der Waals surface area contributed by atoms with Gasteiger partial charge in [-0.2, -0.15) is 0 Å². The highest BCUT2D eigenvalue weighted by Crippen LogP contribution is 2.12. The van der Waals surface area contributed by atoms with E-state index < -0.39 is 0 Å². The lowest BCUT2D eigenvalue weighted by atomic mass is 10.3. The number of nitrogen functional groups attached to an aromatic ring is 1. The van der Waals surface area contributed by atoms with Gasteiger partial charge in [-0.1, -0.05) is 0 Å². The number of hydrogen-bond donors (Lipinski definition) is 1. The maximum absolute atomic E-state index is 10.2. The lowest BCUT2D eigenvalue weighted by Crippen LogP contribution is -1.95. The second kappa shape index (κ2) is 4.46. The summed E-state index contributed by atoms with van der Waals surface area (Å²) in [6, 6.07) is 1.62. The molecule has 0 atom stereocenters. The number of hydrogen-bond acceptors (Lipinski definition) is 3. The first kappa shape index (κ1) is 10.6. The molecule has 0 amide bonds. The van der Waals surface area contributed by atoms with Crippen LogP contribution >= 0.6 is 32.9 Å². The van der Waals surface area contributed by atoms with Gasteiger partial charge in [-0.25, -0.2) is 4.98 Å². The van der Waals surface area contributed by atoms with Gasteiger partial charge in [0, 0.05) is 10.7 Å². The van der Waals surface area contributed by atoms with E-state index in [-0.39, 0.29) is 22.8 Å². The summed E-state index contributed by atoms with van der Waals surface area (Å²) in [5.74, 6) is 0.262. The molecule has 0 aliphatic heterocycles. The Morgan fingerprint density at radius 2 is 2.27 bits per heavy atom.